The van der Waals surface area contributed by atoms with E-state index >= 15 is 0 Å². The van der Waals surface area contributed by atoms with E-state index in [2.05, 4.69) is 77.6 Å². The first-order valence-electron chi connectivity index (χ1n) is 7.18. The van der Waals surface area contributed by atoms with Crippen molar-refractivity contribution in [3.8, 4) is 11.1 Å². The van der Waals surface area contributed by atoms with E-state index in [-0.39, 0.29) is 6.04 Å². The fraction of sp³-hybridized carbons (Fsp3) is 0.0526. The van der Waals surface area contributed by atoms with Gasteiger partial charge in [0.15, 0.2) is 0 Å². The van der Waals surface area contributed by atoms with Gasteiger partial charge >= 0.3 is 0 Å². The van der Waals surface area contributed by atoms with Gasteiger partial charge in [-0.25, -0.2) is 5.43 Å². The highest BCUT2D eigenvalue weighted by Gasteiger charge is 2.23. The average molecular weight is 272 g/mol. The van der Waals surface area contributed by atoms with E-state index in [0.29, 0.717) is 0 Å². The number of hydrogen-bond donors (Lipinski definition) is 2. The lowest BCUT2D eigenvalue weighted by Crippen LogP contribution is -2.19. The molecule has 1 aliphatic rings. The minimum Gasteiger partial charge on any atom is -0.320 e. The van der Waals surface area contributed by atoms with E-state index in [0.717, 1.165) is 5.69 Å². The van der Waals surface area contributed by atoms with Crippen LogP contribution in [0.1, 0.15) is 17.2 Å². The van der Waals surface area contributed by atoms with Crippen LogP contribution in [0, 0.1) is 0 Å². The van der Waals surface area contributed by atoms with Gasteiger partial charge in [-0.15, -0.1) is 0 Å². The smallest absolute Gasteiger partial charge is 0.0780 e. The van der Waals surface area contributed by atoms with Crippen LogP contribution in [-0.4, -0.2) is 0 Å². The molecule has 0 aromatic heterocycles. The van der Waals surface area contributed by atoms with Crippen molar-refractivity contribution in [2.75, 3.05) is 5.43 Å². The molecular formula is C19H16N2. The number of rotatable bonds is 2. The molecule has 0 saturated carbocycles. The maximum absolute atomic E-state index is 3.37. The lowest BCUT2D eigenvalue weighted by atomic mass is 9.95. The molecule has 0 spiro atoms. The Balaban J connectivity index is 1.78. The number of hydrazine groups is 1. The average Bonchev–Trinajstić information content (AvgIpc) is 2.99. The molecule has 0 radical (unpaired) electrons. The van der Waals surface area contributed by atoms with Gasteiger partial charge in [-0.05, 0) is 28.8 Å². The minimum absolute atomic E-state index is 0.199. The van der Waals surface area contributed by atoms with Crippen LogP contribution in [0.5, 0.6) is 0 Å². The second kappa shape index (κ2) is 5.08. The summed E-state index contributed by atoms with van der Waals surface area (Å²) >= 11 is 0. The quantitative estimate of drug-likeness (QED) is 0.723. The largest absolute Gasteiger partial charge is 0.320 e. The highest BCUT2D eigenvalue weighted by molar-refractivity contribution is 5.71. The molecule has 0 amide bonds. The van der Waals surface area contributed by atoms with E-state index in [1.165, 1.54) is 22.3 Å². The Morgan fingerprint density at radius 2 is 1.38 bits per heavy atom. The van der Waals surface area contributed by atoms with Crippen molar-refractivity contribution < 1.29 is 0 Å². The van der Waals surface area contributed by atoms with Crippen LogP contribution in [0.25, 0.3) is 11.1 Å². The van der Waals surface area contributed by atoms with Gasteiger partial charge in [-0.3, -0.25) is 0 Å². The molecule has 1 unspecified atom stereocenters. The summed E-state index contributed by atoms with van der Waals surface area (Å²) in [6, 6.07) is 27.8. The van der Waals surface area contributed by atoms with Gasteiger partial charge in [-0.1, -0.05) is 66.7 Å². The molecule has 2 nitrogen and oxygen atoms in total. The summed E-state index contributed by atoms with van der Waals surface area (Å²) in [7, 11) is 0. The second-order valence-electron chi connectivity index (χ2n) is 5.28. The summed E-state index contributed by atoms with van der Waals surface area (Å²) in [6.07, 6.45) is 0. The molecule has 0 saturated heterocycles. The van der Waals surface area contributed by atoms with Gasteiger partial charge in [0.1, 0.15) is 0 Å². The monoisotopic (exact) mass is 272 g/mol. The summed E-state index contributed by atoms with van der Waals surface area (Å²) in [6.45, 7) is 0. The van der Waals surface area contributed by atoms with Crippen molar-refractivity contribution in [2.45, 2.75) is 6.04 Å². The Morgan fingerprint density at radius 3 is 2.14 bits per heavy atom. The lowest BCUT2D eigenvalue weighted by Gasteiger charge is -2.12. The molecule has 1 atom stereocenters. The molecule has 0 bridgehead atoms. The SMILES string of the molecule is c1ccc(-c2ccc3c(c2)C(c2ccccc2)NN3)cc1. The van der Waals surface area contributed by atoms with Gasteiger partial charge in [0, 0.05) is 5.56 Å². The maximum Gasteiger partial charge on any atom is 0.0780 e. The van der Waals surface area contributed by atoms with E-state index < -0.39 is 0 Å². The zero-order chi connectivity index (χ0) is 14.1. The van der Waals surface area contributed by atoms with E-state index in [9.17, 15) is 0 Å². The van der Waals surface area contributed by atoms with Gasteiger partial charge in [0.2, 0.25) is 0 Å². The summed E-state index contributed by atoms with van der Waals surface area (Å²) < 4.78 is 0. The molecular weight excluding hydrogens is 256 g/mol. The third kappa shape index (κ3) is 2.20. The summed E-state index contributed by atoms with van der Waals surface area (Å²) in [5, 5.41) is 0. The highest BCUT2D eigenvalue weighted by Crippen LogP contribution is 2.35. The Bertz CT molecular complexity index is 751. The third-order valence-electron chi connectivity index (χ3n) is 3.95. The van der Waals surface area contributed by atoms with Crippen molar-refractivity contribution in [1.29, 1.82) is 0 Å². The lowest BCUT2D eigenvalue weighted by molar-refractivity contribution is 0.729. The van der Waals surface area contributed by atoms with Crippen LogP contribution in [0.3, 0.4) is 0 Å². The molecule has 1 aliphatic heterocycles. The van der Waals surface area contributed by atoms with E-state index in [1.807, 2.05) is 12.1 Å². The second-order valence-corrected chi connectivity index (χ2v) is 5.28. The number of fused-ring (bicyclic) bond motifs is 1. The zero-order valence-corrected chi connectivity index (χ0v) is 11.6. The normalized spacial score (nSPS) is 16.3. The molecule has 0 aliphatic carbocycles. The Labute approximate surface area is 124 Å². The Kier molecular flexibility index (Phi) is 2.94. The predicted molar refractivity (Wildman–Crippen MR) is 86.9 cm³/mol. The zero-order valence-electron chi connectivity index (χ0n) is 11.6. The van der Waals surface area contributed by atoms with Crippen molar-refractivity contribution >= 4 is 5.69 Å². The van der Waals surface area contributed by atoms with Gasteiger partial charge in [-0.2, -0.15) is 0 Å². The van der Waals surface area contributed by atoms with Crippen LogP contribution in [-0.2, 0) is 0 Å². The predicted octanol–water partition coefficient (Wildman–Crippen LogP) is 4.37. The van der Waals surface area contributed by atoms with Crippen molar-refractivity contribution in [1.82, 2.24) is 5.43 Å². The van der Waals surface area contributed by atoms with Crippen molar-refractivity contribution in [2.24, 2.45) is 0 Å². The van der Waals surface area contributed by atoms with Crippen LogP contribution in [0.2, 0.25) is 0 Å². The van der Waals surface area contributed by atoms with Crippen LogP contribution >= 0.6 is 0 Å². The van der Waals surface area contributed by atoms with Crippen LogP contribution in [0.15, 0.2) is 78.9 Å². The number of benzene rings is 3. The van der Waals surface area contributed by atoms with E-state index in [1.54, 1.807) is 0 Å². The molecule has 102 valence electrons. The molecule has 2 heteroatoms. The first kappa shape index (κ1) is 12.2. The Hall–Kier alpha value is -2.58. The molecule has 4 rings (SSSR count). The standard InChI is InChI=1S/C19H16N2/c1-3-7-14(8-4-1)16-11-12-18-17(13-16)19(21-20-18)15-9-5-2-6-10-15/h1-13,19-21H. The molecule has 1 heterocycles. The number of anilines is 1. The minimum atomic E-state index is 0.199. The molecule has 3 aromatic rings. The van der Waals surface area contributed by atoms with Crippen LogP contribution < -0.4 is 10.9 Å². The number of nitrogens with one attached hydrogen (secondary N) is 2. The van der Waals surface area contributed by atoms with Gasteiger partial charge < -0.3 is 5.43 Å². The topological polar surface area (TPSA) is 24.1 Å². The van der Waals surface area contributed by atoms with Crippen LogP contribution in [0.4, 0.5) is 5.69 Å². The molecule has 2 N–H and O–H groups in total. The van der Waals surface area contributed by atoms with E-state index in [4.69, 9.17) is 0 Å². The summed E-state index contributed by atoms with van der Waals surface area (Å²) in [4.78, 5) is 0. The maximum atomic E-state index is 3.37. The highest BCUT2D eigenvalue weighted by atomic mass is 15.4. The third-order valence-corrected chi connectivity index (χ3v) is 3.95. The van der Waals surface area contributed by atoms with Crippen molar-refractivity contribution in [3.05, 3.63) is 90.0 Å². The molecule has 0 fully saturated rings. The fourth-order valence-corrected chi connectivity index (χ4v) is 2.86. The van der Waals surface area contributed by atoms with Gasteiger partial charge in [0.25, 0.3) is 0 Å². The number of hydrogen-bond acceptors (Lipinski definition) is 2. The summed E-state index contributed by atoms with van der Waals surface area (Å²) in [5.41, 5.74) is 12.9. The first-order chi connectivity index (χ1) is 10.4. The first-order valence-corrected chi connectivity index (χ1v) is 7.18. The Morgan fingerprint density at radius 1 is 0.667 bits per heavy atom. The molecule has 21 heavy (non-hydrogen) atoms. The fourth-order valence-electron chi connectivity index (χ4n) is 2.86. The molecule has 3 aromatic carbocycles. The van der Waals surface area contributed by atoms with Gasteiger partial charge in [0.05, 0.1) is 11.7 Å². The van der Waals surface area contributed by atoms with Crippen molar-refractivity contribution in [3.63, 3.8) is 0 Å². The summed E-state index contributed by atoms with van der Waals surface area (Å²) in [5.74, 6) is 0.